The second kappa shape index (κ2) is 9.02. The van der Waals surface area contributed by atoms with Crippen molar-refractivity contribution in [2.24, 2.45) is 5.92 Å². The largest absolute Gasteiger partial charge is 0.465 e. The number of likely N-dealkylation sites (tertiary alicyclic amines) is 1. The highest BCUT2D eigenvalue weighted by Crippen LogP contribution is 2.41. The van der Waals surface area contributed by atoms with Gasteiger partial charge in [0.05, 0.1) is 12.9 Å². The molecule has 7 nitrogen and oxygen atoms in total. The number of furan rings is 1. The van der Waals surface area contributed by atoms with E-state index in [2.05, 4.69) is 16.3 Å². The van der Waals surface area contributed by atoms with Gasteiger partial charge in [0.2, 0.25) is 5.91 Å². The molecule has 1 amide bonds. The molecule has 4 rings (SSSR count). The van der Waals surface area contributed by atoms with Crippen LogP contribution >= 0.6 is 0 Å². The van der Waals surface area contributed by atoms with Crippen LogP contribution in [0.25, 0.3) is 6.08 Å². The van der Waals surface area contributed by atoms with E-state index in [9.17, 15) is 9.59 Å². The molecule has 0 aliphatic carbocycles. The van der Waals surface area contributed by atoms with Crippen molar-refractivity contribution in [2.75, 3.05) is 33.4 Å². The Morgan fingerprint density at radius 1 is 1.33 bits per heavy atom. The summed E-state index contributed by atoms with van der Waals surface area (Å²) < 4.78 is 12.2. The predicted octanol–water partition coefficient (Wildman–Crippen LogP) is 2.27. The third-order valence-corrected chi connectivity index (χ3v) is 5.99. The number of amides is 1. The topological polar surface area (TPSA) is 76.7 Å². The van der Waals surface area contributed by atoms with Gasteiger partial charge in [-0.05, 0) is 37.6 Å². The lowest BCUT2D eigenvalue weighted by molar-refractivity contribution is -0.128. The molecule has 1 fully saturated rings. The lowest BCUT2D eigenvalue weighted by Gasteiger charge is -2.46. The average Bonchev–Trinajstić information content (AvgIpc) is 3.22. The van der Waals surface area contributed by atoms with Crippen molar-refractivity contribution in [1.82, 2.24) is 14.8 Å². The Balaban J connectivity index is 1.57. The maximum atomic E-state index is 13.2. The molecule has 7 heteroatoms. The molecular weight excluding hydrogens is 382 g/mol. The number of aromatic nitrogens is 1. The summed E-state index contributed by atoms with van der Waals surface area (Å²) in [5, 5.41) is 3.03. The van der Waals surface area contributed by atoms with Crippen molar-refractivity contribution in [2.45, 2.75) is 31.3 Å². The van der Waals surface area contributed by atoms with Crippen LogP contribution in [0.1, 0.15) is 36.8 Å². The smallest absolute Gasteiger partial charge is 0.251 e. The van der Waals surface area contributed by atoms with Crippen LogP contribution < -0.4 is 10.9 Å². The van der Waals surface area contributed by atoms with Crippen LogP contribution in [0, 0.1) is 5.92 Å². The normalized spacial score (nSPS) is 24.5. The maximum absolute atomic E-state index is 13.2. The number of nitrogens with zero attached hydrogens (tertiary/aromatic N) is 2. The van der Waals surface area contributed by atoms with Gasteiger partial charge in [0.1, 0.15) is 11.8 Å². The number of carbonyl (C=O) groups is 1. The SMILES string of the molecule is COC[C@H](C)NC(=O)[C@H]1[C@H]2C[C@H](CN(C/C=C/c3ccco3)C2)c2cccc(=O)n21. The molecule has 0 spiro atoms. The summed E-state index contributed by atoms with van der Waals surface area (Å²) in [4.78, 5) is 28.3. The van der Waals surface area contributed by atoms with Gasteiger partial charge in [-0.15, -0.1) is 0 Å². The van der Waals surface area contributed by atoms with E-state index in [4.69, 9.17) is 9.15 Å². The summed E-state index contributed by atoms with van der Waals surface area (Å²) in [6.07, 6.45) is 6.64. The van der Waals surface area contributed by atoms with Crippen LogP contribution in [0.15, 0.2) is 51.9 Å². The number of rotatable bonds is 7. The Bertz CT molecular complexity index is 950. The Morgan fingerprint density at radius 2 is 2.20 bits per heavy atom. The number of hydrogen-bond acceptors (Lipinski definition) is 5. The Labute approximate surface area is 176 Å². The molecular formula is C23H29N3O4. The van der Waals surface area contributed by atoms with E-state index in [1.807, 2.05) is 31.2 Å². The van der Waals surface area contributed by atoms with Crippen molar-refractivity contribution in [3.05, 3.63) is 64.5 Å². The second-order valence-corrected chi connectivity index (χ2v) is 8.30. The van der Waals surface area contributed by atoms with Crippen molar-refractivity contribution >= 4 is 12.0 Å². The zero-order valence-corrected chi connectivity index (χ0v) is 17.5. The molecule has 2 aromatic heterocycles. The quantitative estimate of drug-likeness (QED) is 0.756. The summed E-state index contributed by atoms with van der Waals surface area (Å²) in [6, 6.07) is 8.52. The van der Waals surface area contributed by atoms with Crippen molar-refractivity contribution < 1.29 is 13.9 Å². The highest BCUT2D eigenvalue weighted by molar-refractivity contribution is 5.81. The number of carbonyl (C=O) groups excluding carboxylic acids is 1. The monoisotopic (exact) mass is 411 g/mol. The Hall–Kier alpha value is -2.64. The van der Waals surface area contributed by atoms with Crippen molar-refractivity contribution in [1.29, 1.82) is 0 Å². The summed E-state index contributed by atoms with van der Waals surface area (Å²) in [5.41, 5.74) is 0.853. The molecule has 4 heterocycles. The molecule has 1 N–H and O–H groups in total. The van der Waals surface area contributed by atoms with E-state index in [0.717, 1.165) is 37.5 Å². The highest BCUT2D eigenvalue weighted by Gasteiger charge is 2.43. The minimum atomic E-state index is -0.499. The van der Waals surface area contributed by atoms with Gasteiger partial charge in [-0.1, -0.05) is 12.1 Å². The first-order chi connectivity index (χ1) is 14.6. The van der Waals surface area contributed by atoms with Crippen molar-refractivity contribution in [3.63, 3.8) is 0 Å². The third-order valence-electron chi connectivity index (χ3n) is 5.99. The number of nitrogens with one attached hydrogen (secondary N) is 1. The number of pyridine rings is 1. The number of piperidine rings is 1. The zero-order chi connectivity index (χ0) is 21.1. The molecule has 0 saturated carbocycles. The minimum Gasteiger partial charge on any atom is -0.465 e. The molecule has 2 aliphatic rings. The van der Waals surface area contributed by atoms with Crippen LogP contribution in [0.3, 0.4) is 0 Å². The number of ether oxygens (including phenoxy) is 1. The Kier molecular flexibility index (Phi) is 6.20. The van der Waals surface area contributed by atoms with Crippen LogP contribution in [0.5, 0.6) is 0 Å². The van der Waals surface area contributed by atoms with Gasteiger partial charge in [0, 0.05) is 56.4 Å². The Morgan fingerprint density at radius 3 is 2.97 bits per heavy atom. The van der Waals surface area contributed by atoms with E-state index in [0.29, 0.717) is 6.61 Å². The van der Waals surface area contributed by atoms with E-state index in [-0.39, 0.29) is 29.3 Å². The van der Waals surface area contributed by atoms with E-state index in [1.54, 1.807) is 30.1 Å². The van der Waals surface area contributed by atoms with Crippen LogP contribution in [-0.4, -0.2) is 54.8 Å². The first-order valence-corrected chi connectivity index (χ1v) is 10.5. The summed E-state index contributed by atoms with van der Waals surface area (Å²) >= 11 is 0. The zero-order valence-electron chi connectivity index (χ0n) is 17.5. The predicted molar refractivity (Wildman–Crippen MR) is 114 cm³/mol. The molecule has 2 aliphatic heterocycles. The van der Waals surface area contributed by atoms with Gasteiger partial charge in [0.25, 0.3) is 5.56 Å². The van der Waals surface area contributed by atoms with Crippen LogP contribution in [-0.2, 0) is 9.53 Å². The molecule has 0 radical (unpaired) electrons. The molecule has 0 unspecified atom stereocenters. The van der Waals surface area contributed by atoms with Gasteiger partial charge < -0.3 is 14.5 Å². The standard InChI is InChI=1S/C23H29N3O4/c1-16(15-29-2)24-23(28)22-18-12-17(20-8-3-9-21(27)26(20)22)13-25(14-18)10-4-6-19-7-5-11-30-19/h3-9,11,16-18,22H,10,12-15H2,1-2H3,(H,24,28)/b6-4+/t16-,17+,18-,22+/m0/s1. The summed E-state index contributed by atoms with van der Waals surface area (Å²) in [7, 11) is 1.61. The van der Waals surface area contributed by atoms with E-state index >= 15 is 0 Å². The first-order valence-electron chi connectivity index (χ1n) is 10.5. The lowest BCUT2D eigenvalue weighted by Crippen LogP contribution is -2.54. The molecule has 2 bridgehead atoms. The molecule has 0 aromatic carbocycles. The molecule has 4 atom stereocenters. The fraction of sp³-hybridized carbons (Fsp3) is 0.478. The van der Waals surface area contributed by atoms with Gasteiger partial charge in [-0.2, -0.15) is 0 Å². The molecule has 1 saturated heterocycles. The summed E-state index contributed by atoms with van der Waals surface area (Å²) in [6.45, 7) is 4.77. The van der Waals surface area contributed by atoms with Crippen LogP contribution in [0.4, 0.5) is 0 Å². The maximum Gasteiger partial charge on any atom is 0.251 e. The number of fused-ring (bicyclic) bond motifs is 4. The molecule has 2 aromatic rings. The average molecular weight is 412 g/mol. The van der Waals surface area contributed by atoms with Gasteiger partial charge >= 0.3 is 0 Å². The second-order valence-electron chi connectivity index (χ2n) is 8.30. The summed E-state index contributed by atoms with van der Waals surface area (Å²) in [5.74, 6) is 1.05. The number of methoxy groups -OCH3 is 1. The molecule has 30 heavy (non-hydrogen) atoms. The van der Waals surface area contributed by atoms with E-state index < -0.39 is 6.04 Å². The number of hydrogen-bond donors (Lipinski definition) is 1. The van der Waals surface area contributed by atoms with E-state index in [1.165, 1.54) is 0 Å². The fourth-order valence-corrected chi connectivity index (χ4v) is 4.84. The van der Waals surface area contributed by atoms with Crippen LogP contribution in [0.2, 0.25) is 0 Å². The highest BCUT2D eigenvalue weighted by atomic mass is 16.5. The van der Waals surface area contributed by atoms with Gasteiger partial charge in [-0.25, -0.2) is 0 Å². The van der Waals surface area contributed by atoms with Crippen molar-refractivity contribution in [3.8, 4) is 0 Å². The third kappa shape index (κ3) is 4.27. The minimum absolute atomic E-state index is 0.0862. The van der Waals surface area contributed by atoms with Gasteiger partial charge in [-0.3, -0.25) is 19.1 Å². The fourth-order valence-electron chi connectivity index (χ4n) is 4.84. The lowest BCUT2D eigenvalue weighted by atomic mass is 9.78. The first kappa shape index (κ1) is 20.6. The van der Waals surface area contributed by atoms with Gasteiger partial charge in [0.15, 0.2) is 0 Å². The molecule has 160 valence electrons.